The van der Waals surface area contributed by atoms with Crippen molar-refractivity contribution in [2.75, 3.05) is 52.0 Å². The summed E-state index contributed by atoms with van der Waals surface area (Å²) in [6.07, 6.45) is -4.30. The van der Waals surface area contributed by atoms with Crippen LogP contribution in [0.2, 0.25) is 0 Å². The van der Waals surface area contributed by atoms with Crippen LogP contribution < -0.4 is 25.8 Å². The minimum Gasteiger partial charge on any atom is -0.502 e. The number of ether oxygens (including phenoxy) is 3. The van der Waals surface area contributed by atoms with Gasteiger partial charge in [0, 0.05) is 30.7 Å². The van der Waals surface area contributed by atoms with Crippen molar-refractivity contribution in [2.45, 2.75) is 50.9 Å². The molecule has 4 rings (SSSR count). The highest BCUT2D eigenvalue weighted by Gasteiger charge is 2.50. The van der Waals surface area contributed by atoms with Gasteiger partial charge in [0.25, 0.3) is 0 Å². The van der Waals surface area contributed by atoms with Gasteiger partial charge in [-0.1, -0.05) is 31.7 Å². The highest BCUT2D eigenvalue weighted by molar-refractivity contribution is 8.14. The number of amides is 2. The van der Waals surface area contributed by atoms with Crippen molar-refractivity contribution >= 4 is 75.2 Å². The molecule has 1 aliphatic rings. The van der Waals surface area contributed by atoms with Crippen LogP contribution in [0.5, 0.6) is 17.2 Å². The number of nitrogen functional groups attached to an aromatic ring is 1. The molecule has 0 saturated carbocycles. The summed E-state index contributed by atoms with van der Waals surface area (Å²) in [5, 5.41) is 36.1. The molecule has 3 heterocycles. The summed E-state index contributed by atoms with van der Waals surface area (Å²) >= 11 is 0.914. The van der Waals surface area contributed by atoms with Crippen molar-refractivity contribution in [1.82, 2.24) is 30.2 Å². The standard InChI is InChI=1S/C32H46N7O20P3S/c1-32(2,27(44)30(45)35-8-7-21(40)34-9-10-63-22(41)6-5-17-11-18(53-3)24(42)19(12-17)54-4)14-56-62(51,52)59-61(49,50)55-13-20-26(58-60(46,47)48)25(43)31(57-20)39-16-38-23-28(33)36-15-37-29(23)39/h5-6,11-12,15-16,20,25-27,31,42-44H,7-10,13-14H2,1-4H3,(H,34,40)(H,35,45)(H,49,50)(H,51,52)(H2,33,36,37)(H2,46,47,48). The van der Waals surface area contributed by atoms with E-state index in [-0.39, 0.29) is 64.6 Å². The van der Waals surface area contributed by atoms with Gasteiger partial charge >= 0.3 is 23.5 Å². The number of phenols is 1. The number of rotatable bonds is 23. The van der Waals surface area contributed by atoms with Crippen LogP contribution in [0.25, 0.3) is 17.2 Å². The van der Waals surface area contributed by atoms with Crippen molar-refractivity contribution in [2.24, 2.45) is 5.41 Å². The van der Waals surface area contributed by atoms with Crippen LogP contribution in [0.4, 0.5) is 5.82 Å². The summed E-state index contributed by atoms with van der Waals surface area (Å²) < 4.78 is 72.4. The van der Waals surface area contributed by atoms with Gasteiger partial charge < -0.3 is 65.5 Å². The number of hydrogen-bond donors (Lipinski definition) is 10. The van der Waals surface area contributed by atoms with Crippen LogP contribution in [0.1, 0.15) is 32.1 Å². The molecule has 63 heavy (non-hydrogen) atoms. The predicted octanol–water partition coefficient (Wildman–Crippen LogP) is 0.101. The third kappa shape index (κ3) is 14.7. The average Bonchev–Trinajstić information content (AvgIpc) is 3.77. The second-order valence-corrected chi connectivity index (χ2v) is 19.2. The number of thioether (sulfide) groups is 1. The number of nitrogens with one attached hydrogen (secondary N) is 2. The Morgan fingerprint density at radius 1 is 1.02 bits per heavy atom. The van der Waals surface area contributed by atoms with Crippen LogP contribution in [0.3, 0.4) is 0 Å². The van der Waals surface area contributed by atoms with Crippen molar-refractivity contribution in [1.29, 1.82) is 0 Å². The Morgan fingerprint density at radius 2 is 1.67 bits per heavy atom. The molecular weight excluding hydrogens is 927 g/mol. The van der Waals surface area contributed by atoms with Crippen molar-refractivity contribution in [3.05, 3.63) is 36.4 Å². The number of methoxy groups -OCH3 is 2. The monoisotopic (exact) mass is 973 g/mol. The zero-order valence-corrected chi connectivity index (χ0v) is 37.1. The lowest BCUT2D eigenvalue weighted by atomic mass is 9.87. The number of imidazole rings is 1. The summed E-state index contributed by atoms with van der Waals surface area (Å²) in [7, 11) is -13.7. The van der Waals surface area contributed by atoms with Crippen LogP contribution >= 0.6 is 35.2 Å². The molecule has 2 aromatic heterocycles. The second kappa shape index (κ2) is 21.7. The SMILES string of the molecule is COc1cc(C=CC(=O)SCCNC(=O)CCNC(=O)C(O)C(C)(C)COP(=O)(O)OP(=O)(O)OCC2OC(n3cnc4c(N)ncnc43)C(O)C2OP(=O)(O)O)cc(OC)c1O. The van der Waals surface area contributed by atoms with E-state index in [1.54, 1.807) is 0 Å². The normalized spacial score (nSPS) is 20.5. The number of nitrogens with zero attached hydrogens (tertiary/aromatic N) is 4. The molecular formula is C32H46N7O20P3S. The number of fused-ring (bicyclic) bond motifs is 1. The van der Waals surface area contributed by atoms with Gasteiger partial charge in [-0.3, -0.25) is 32.5 Å². The third-order valence-electron chi connectivity index (χ3n) is 8.66. The van der Waals surface area contributed by atoms with E-state index in [9.17, 15) is 63.0 Å². The lowest BCUT2D eigenvalue weighted by Gasteiger charge is -2.30. The molecule has 1 saturated heterocycles. The highest BCUT2D eigenvalue weighted by Crippen LogP contribution is 2.61. The molecule has 11 N–H and O–H groups in total. The number of phosphoric ester groups is 3. The molecule has 0 radical (unpaired) electrons. The molecule has 0 spiro atoms. The lowest BCUT2D eigenvalue weighted by molar-refractivity contribution is -0.137. The van der Waals surface area contributed by atoms with E-state index >= 15 is 0 Å². The van der Waals surface area contributed by atoms with E-state index in [4.69, 9.17) is 29.0 Å². The van der Waals surface area contributed by atoms with Crippen LogP contribution in [-0.2, 0) is 50.7 Å². The average molecular weight is 974 g/mol. The number of hydrogen-bond acceptors (Lipinski definition) is 21. The van der Waals surface area contributed by atoms with E-state index in [0.717, 1.165) is 29.0 Å². The summed E-state index contributed by atoms with van der Waals surface area (Å²) in [5.41, 5.74) is 4.74. The first-order valence-corrected chi connectivity index (χ1v) is 23.6. The maximum absolute atomic E-state index is 12.7. The molecule has 2 amide bonds. The summed E-state index contributed by atoms with van der Waals surface area (Å²) in [6, 6.07) is 3.01. The highest BCUT2D eigenvalue weighted by atomic mass is 32.2. The van der Waals surface area contributed by atoms with Gasteiger partial charge in [0.05, 0.1) is 33.8 Å². The van der Waals surface area contributed by atoms with Gasteiger partial charge in [-0.25, -0.2) is 28.6 Å². The van der Waals surface area contributed by atoms with E-state index in [1.807, 2.05) is 0 Å². The van der Waals surface area contributed by atoms with E-state index in [2.05, 4.69) is 34.4 Å². The summed E-state index contributed by atoms with van der Waals surface area (Å²) in [4.78, 5) is 88.2. The molecule has 7 atom stereocenters. The fraction of sp³-hybridized carbons (Fsp3) is 0.500. The number of benzene rings is 1. The Kier molecular flexibility index (Phi) is 17.8. The fourth-order valence-corrected chi connectivity index (χ4v) is 8.90. The lowest BCUT2D eigenvalue weighted by Crippen LogP contribution is -2.46. The number of anilines is 1. The number of aliphatic hydroxyl groups is 2. The zero-order chi connectivity index (χ0) is 46.9. The molecule has 1 aromatic carbocycles. The van der Waals surface area contributed by atoms with Gasteiger partial charge in [-0.05, 0) is 23.8 Å². The molecule has 0 bridgehead atoms. The van der Waals surface area contributed by atoms with Gasteiger partial charge in [0.15, 0.2) is 29.2 Å². The van der Waals surface area contributed by atoms with E-state index in [1.165, 1.54) is 52.4 Å². The number of nitrogens with two attached hydrogens (primary N) is 1. The quantitative estimate of drug-likeness (QED) is 0.0342. The minimum absolute atomic E-state index is 0.0204. The van der Waals surface area contributed by atoms with Gasteiger partial charge in [0.2, 0.25) is 22.7 Å². The molecule has 7 unspecified atom stereocenters. The van der Waals surface area contributed by atoms with Crippen molar-refractivity contribution in [3.8, 4) is 17.2 Å². The molecule has 0 aliphatic carbocycles. The maximum atomic E-state index is 12.7. The molecule has 27 nitrogen and oxygen atoms in total. The molecule has 3 aromatic rings. The molecule has 31 heteroatoms. The summed E-state index contributed by atoms with van der Waals surface area (Å²) in [5.74, 6) is -1.24. The number of aromatic nitrogens is 4. The maximum Gasteiger partial charge on any atom is 0.481 e. The number of phosphoric acid groups is 3. The van der Waals surface area contributed by atoms with Crippen molar-refractivity contribution in [3.63, 3.8) is 0 Å². The van der Waals surface area contributed by atoms with Crippen LogP contribution in [0, 0.1) is 5.41 Å². The number of phenolic OH excluding ortho intramolecular Hbond substituents is 1. The number of aliphatic hydroxyl groups excluding tert-OH is 2. The molecule has 350 valence electrons. The fourth-order valence-electron chi connectivity index (χ4n) is 5.50. The Hall–Kier alpha value is -4.08. The second-order valence-electron chi connectivity index (χ2n) is 13.8. The Morgan fingerprint density at radius 3 is 2.30 bits per heavy atom. The first-order valence-electron chi connectivity index (χ1n) is 18.1. The van der Waals surface area contributed by atoms with Crippen molar-refractivity contribution < 1.29 is 95.1 Å². The number of aromatic hydroxyl groups is 1. The molecule has 1 fully saturated rings. The Labute approximate surface area is 361 Å². The first-order chi connectivity index (χ1) is 29.4. The first kappa shape index (κ1) is 51.6. The number of carbonyl (C=O) groups excluding carboxylic acids is 3. The smallest absolute Gasteiger partial charge is 0.481 e. The van der Waals surface area contributed by atoms with Gasteiger partial charge in [0.1, 0.15) is 36.3 Å². The van der Waals surface area contributed by atoms with E-state index in [0.29, 0.717) is 5.56 Å². The zero-order valence-electron chi connectivity index (χ0n) is 33.6. The Balaban J connectivity index is 1.20. The van der Waals surface area contributed by atoms with Crippen LogP contribution in [0.15, 0.2) is 30.9 Å². The Bertz CT molecular complexity index is 2270. The van der Waals surface area contributed by atoms with Gasteiger partial charge in [-0.15, -0.1) is 0 Å². The third-order valence-corrected chi connectivity index (χ3v) is 12.6. The van der Waals surface area contributed by atoms with Gasteiger partial charge in [-0.2, -0.15) is 4.31 Å². The predicted molar refractivity (Wildman–Crippen MR) is 217 cm³/mol. The van der Waals surface area contributed by atoms with E-state index < -0.39 is 84.6 Å². The van der Waals surface area contributed by atoms with Crippen LogP contribution in [-0.4, -0.2) is 142 Å². The largest absolute Gasteiger partial charge is 0.502 e. The molecule has 1 aliphatic heterocycles. The minimum atomic E-state index is -5.60. The topological polar surface area (TPSA) is 402 Å². The summed E-state index contributed by atoms with van der Waals surface area (Å²) in [6.45, 7) is 0.253. The number of carbonyl (C=O) groups is 3.